The SMILES string of the molecule is CCOc1cc(/C=N\N2C(=O)c3cccc4cccc(c34)C2=O)cc(Cl)c1OC. The van der Waals surface area contributed by atoms with E-state index < -0.39 is 11.8 Å². The van der Waals surface area contributed by atoms with Crippen molar-refractivity contribution in [3.8, 4) is 11.5 Å². The minimum absolute atomic E-state index is 0.339. The van der Waals surface area contributed by atoms with Crippen LogP contribution in [0.25, 0.3) is 10.8 Å². The summed E-state index contributed by atoms with van der Waals surface area (Å²) in [5, 5.41) is 6.86. The maximum atomic E-state index is 12.9. The first-order valence-corrected chi connectivity index (χ1v) is 9.37. The molecule has 6 nitrogen and oxygen atoms in total. The van der Waals surface area contributed by atoms with Crippen molar-refractivity contribution < 1.29 is 19.1 Å². The molecule has 2 amide bonds. The van der Waals surface area contributed by atoms with Crippen molar-refractivity contribution in [2.45, 2.75) is 6.92 Å². The fourth-order valence-electron chi connectivity index (χ4n) is 3.37. The Hall–Kier alpha value is -3.38. The fourth-order valence-corrected chi connectivity index (χ4v) is 3.67. The minimum Gasteiger partial charge on any atom is -0.491 e. The van der Waals surface area contributed by atoms with Crippen molar-refractivity contribution in [3.05, 3.63) is 70.2 Å². The molecule has 7 heteroatoms. The lowest BCUT2D eigenvalue weighted by Crippen LogP contribution is -2.36. The highest BCUT2D eigenvalue weighted by atomic mass is 35.5. The minimum atomic E-state index is -0.472. The number of methoxy groups -OCH3 is 1. The van der Waals surface area contributed by atoms with Crippen LogP contribution in [-0.4, -0.2) is 36.8 Å². The number of nitrogens with zero attached hydrogens (tertiary/aromatic N) is 2. The van der Waals surface area contributed by atoms with Crippen molar-refractivity contribution in [1.82, 2.24) is 5.01 Å². The third-order valence-corrected chi connectivity index (χ3v) is 4.89. The molecule has 0 aromatic heterocycles. The number of hydrogen-bond acceptors (Lipinski definition) is 5. The van der Waals surface area contributed by atoms with E-state index >= 15 is 0 Å². The number of benzene rings is 3. The van der Waals surface area contributed by atoms with E-state index in [1.807, 2.05) is 19.1 Å². The summed E-state index contributed by atoms with van der Waals surface area (Å²) in [7, 11) is 1.50. The molecular formula is C22H17ClN2O4. The number of carbonyl (C=O) groups excluding carboxylic acids is 2. The number of ether oxygens (including phenoxy) is 2. The van der Waals surface area contributed by atoms with Crippen molar-refractivity contribution in [2.24, 2.45) is 5.10 Å². The van der Waals surface area contributed by atoms with Crippen LogP contribution in [-0.2, 0) is 0 Å². The molecule has 1 aliphatic rings. The van der Waals surface area contributed by atoms with Gasteiger partial charge in [0.15, 0.2) is 11.5 Å². The molecule has 1 heterocycles. The molecule has 0 atom stereocenters. The first-order chi connectivity index (χ1) is 14.0. The Morgan fingerprint density at radius 3 is 2.31 bits per heavy atom. The standard InChI is InChI=1S/C22H17ClN2O4/c1-3-29-18-11-13(10-17(23)20(18)28-2)12-24-25-21(26)15-8-4-6-14-7-5-9-16(19(14)15)22(25)27/h4-12H,3H2,1-2H3/b24-12-. The number of carbonyl (C=O) groups is 2. The second-order valence-electron chi connectivity index (χ2n) is 6.34. The number of amides is 2. The average Bonchev–Trinajstić information content (AvgIpc) is 2.72. The molecule has 0 fully saturated rings. The monoisotopic (exact) mass is 408 g/mol. The molecule has 3 aromatic carbocycles. The lowest BCUT2D eigenvalue weighted by Gasteiger charge is -2.23. The number of halogens is 1. The van der Waals surface area contributed by atoms with Crippen LogP contribution in [0.2, 0.25) is 5.02 Å². The van der Waals surface area contributed by atoms with E-state index in [-0.39, 0.29) is 0 Å². The van der Waals surface area contributed by atoms with Crippen LogP contribution in [0.5, 0.6) is 11.5 Å². The Morgan fingerprint density at radius 2 is 1.72 bits per heavy atom. The highest BCUT2D eigenvalue weighted by molar-refractivity contribution is 6.32. The van der Waals surface area contributed by atoms with E-state index in [9.17, 15) is 9.59 Å². The van der Waals surface area contributed by atoms with E-state index in [2.05, 4.69) is 5.10 Å². The van der Waals surface area contributed by atoms with E-state index in [4.69, 9.17) is 21.1 Å². The zero-order valence-electron chi connectivity index (χ0n) is 15.8. The molecule has 4 rings (SSSR count). The van der Waals surface area contributed by atoms with Gasteiger partial charge in [-0.25, -0.2) is 0 Å². The number of hydrogen-bond donors (Lipinski definition) is 0. The van der Waals surface area contributed by atoms with Crippen molar-refractivity contribution >= 4 is 40.4 Å². The number of rotatable bonds is 5. The van der Waals surface area contributed by atoms with Gasteiger partial charge in [-0.15, -0.1) is 0 Å². The first kappa shape index (κ1) is 19.0. The molecule has 0 aliphatic carbocycles. The Bertz CT molecular complexity index is 1120. The highest BCUT2D eigenvalue weighted by Gasteiger charge is 2.32. The van der Waals surface area contributed by atoms with Gasteiger partial charge in [0.25, 0.3) is 11.8 Å². The van der Waals surface area contributed by atoms with Crippen LogP contribution in [0.4, 0.5) is 0 Å². The molecule has 0 saturated carbocycles. The van der Waals surface area contributed by atoms with Gasteiger partial charge in [-0.05, 0) is 42.1 Å². The molecule has 0 spiro atoms. The maximum absolute atomic E-state index is 12.9. The Morgan fingerprint density at radius 1 is 1.07 bits per heavy atom. The Labute approximate surface area is 172 Å². The average molecular weight is 409 g/mol. The lowest BCUT2D eigenvalue weighted by molar-refractivity contribution is 0.0616. The van der Waals surface area contributed by atoms with Gasteiger partial charge < -0.3 is 9.47 Å². The molecule has 29 heavy (non-hydrogen) atoms. The van der Waals surface area contributed by atoms with E-state index in [0.29, 0.717) is 45.2 Å². The number of hydrazone groups is 1. The molecule has 3 aromatic rings. The topological polar surface area (TPSA) is 68.2 Å². The van der Waals surface area contributed by atoms with E-state index in [1.165, 1.54) is 13.3 Å². The van der Waals surface area contributed by atoms with Gasteiger partial charge in [-0.3, -0.25) is 9.59 Å². The molecule has 146 valence electrons. The van der Waals surface area contributed by atoms with Gasteiger partial charge in [0.05, 0.1) is 36.1 Å². The Kier molecular flexibility index (Phi) is 4.94. The summed E-state index contributed by atoms with van der Waals surface area (Å²) in [6.07, 6.45) is 1.40. The lowest BCUT2D eigenvalue weighted by atomic mass is 9.95. The summed E-state index contributed by atoms with van der Waals surface area (Å²) in [5.74, 6) is -0.0767. The molecule has 1 aliphatic heterocycles. The molecular weight excluding hydrogens is 392 g/mol. The van der Waals surface area contributed by atoms with Gasteiger partial charge in [-0.1, -0.05) is 35.9 Å². The summed E-state index contributed by atoms with van der Waals surface area (Å²) in [4.78, 5) is 25.8. The molecule has 0 saturated heterocycles. The molecule has 0 bridgehead atoms. The van der Waals surface area contributed by atoms with Crippen molar-refractivity contribution in [3.63, 3.8) is 0 Å². The molecule has 0 unspecified atom stereocenters. The maximum Gasteiger partial charge on any atom is 0.282 e. The predicted molar refractivity (Wildman–Crippen MR) is 111 cm³/mol. The summed E-state index contributed by atoms with van der Waals surface area (Å²) in [5.41, 5.74) is 1.45. The van der Waals surface area contributed by atoms with Crippen LogP contribution >= 0.6 is 11.6 Å². The predicted octanol–water partition coefficient (Wildman–Crippen LogP) is 4.53. The largest absolute Gasteiger partial charge is 0.491 e. The number of imide groups is 1. The zero-order valence-corrected chi connectivity index (χ0v) is 16.6. The highest BCUT2D eigenvalue weighted by Crippen LogP contribution is 2.36. The van der Waals surface area contributed by atoms with Gasteiger partial charge in [-0.2, -0.15) is 10.1 Å². The van der Waals surface area contributed by atoms with E-state index in [1.54, 1.807) is 36.4 Å². The van der Waals surface area contributed by atoms with Crippen LogP contribution in [0.3, 0.4) is 0 Å². The summed E-state index contributed by atoms with van der Waals surface area (Å²) in [6, 6.07) is 14.0. The van der Waals surface area contributed by atoms with E-state index in [0.717, 1.165) is 10.4 Å². The van der Waals surface area contributed by atoms with Crippen molar-refractivity contribution in [1.29, 1.82) is 0 Å². The quantitative estimate of drug-likeness (QED) is 0.459. The zero-order chi connectivity index (χ0) is 20.5. The van der Waals surface area contributed by atoms with Gasteiger partial charge in [0, 0.05) is 5.39 Å². The third kappa shape index (κ3) is 3.21. The summed E-state index contributed by atoms with van der Waals surface area (Å²) < 4.78 is 10.8. The smallest absolute Gasteiger partial charge is 0.282 e. The van der Waals surface area contributed by atoms with Crippen molar-refractivity contribution in [2.75, 3.05) is 13.7 Å². The second-order valence-corrected chi connectivity index (χ2v) is 6.75. The fraction of sp³-hybridized carbons (Fsp3) is 0.136. The van der Waals surface area contributed by atoms with Crippen LogP contribution in [0.15, 0.2) is 53.6 Å². The normalized spacial score (nSPS) is 13.4. The molecule has 0 radical (unpaired) electrons. The second kappa shape index (κ2) is 7.56. The van der Waals surface area contributed by atoms with Gasteiger partial charge in [0.1, 0.15) is 0 Å². The summed E-state index contributed by atoms with van der Waals surface area (Å²) >= 11 is 6.26. The molecule has 0 N–H and O–H groups in total. The van der Waals surface area contributed by atoms with Crippen LogP contribution in [0.1, 0.15) is 33.2 Å². The Balaban J connectivity index is 1.73. The first-order valence-electron chi connectivity index (χ1n) is 9.00. The third-order valence-electron chi connectivity index (χ3n) is 4.61. The summed E-state index contributed by atoms with van der Waals surface area (Å²) in [6.45, 7) is 2.27. The van der Waals surface area contributed by atoms with Crippen LogP contribution in [0, 0.1) is 0 Å². The van der Waals surface area contributed by atoms with Gasteiger partial charge >= 0.3 is 0 Å². The van der Waals surface area contributed by atoms with Gasteiger partial charge in [0.2, 0.25) is 0 Å². The van der Waals surface area contributed by atoms with Crippen LogP contribution < -0.4 is 9.47 Å².